The van der Waals surface area contributed by atoms with E-state index in [4.69, 9.17) is 9.47 Å². The minimum atomic E-state index is -1.01. The second-order valence-corrected chi connectivity index (χ2v) is 7.54. The van der Waals surface area contributed by atoms with Gasteiger partial charge in [0.25, 0.3) is 0 Å². The van der Waals surface area contributed by atoms with E-state index in [9.17, 15) is 14.4 Å². The van der Waals surface area contributed by atoms with Crippen LogP contribution in [0.4, 0.5) is 4.79 Å². The number of hydrogen-bond acceptors (Lipinski definition) is 5. The molecule has 0 unspecified atom stereocenters. The molecule has 0 aromatic heterocycles. The topological polar surface area (TPSA) is 81.7 Å². The number of benzene rings is 2. The van der Waals surface area contributed by atoms with Crippen LogP contribution in [0.15, 0.2) is 60.7 Å². The molecule has 1 atom stereocenters. The second-order valence-electron chi connectivity index (χ2n) is 7.54. The third-order valence-corrected chi connectivity index (χ3v) is 3.87. The number of carbonyl (C=O) groups excluding carboxylic acids is 3. The summed E-state index contributed by atoms with van der Waals surface area (Å²) in [5, 5.41) is 2.59. The van der Waals surface area contributed by atoms with Gasteiger partial charge in [-0.1, -0.05) is 60.7 Å². The summed E-state index contributed by atoms with van der Waals surface area (Å²) in [7, 11) is 0. The number of amides is 1. The number of Topliss-reactive ketones (excluding diaryl/α,β-unsaturated/α-hetero) is 1. The van der Waals surface area contributed by atoms with Gasteiger partial charge in [0.1, 0.15) is 5.60 Å². The first-order valence-corrected chi connectivity index (χ1v) is 9.57. The lowest BCUT2D eigenvalue weighted by Crippen LogP contribution is -2.33. The quantitative estimate of drug-likeness (QED) is 0.404. The highest BCUT2D eigenvalue weighted by Gasteiger charge is 2.26. The summed E-state index contributed by atoms with van der Waals surface area (Å²) < 4.78 is 10.6. The van der Waals surface area contributed by atoms with Gasteiger partial charge >= 0.3 is 12.1 Å². The van der Waals surface area contributed by atoms with E-state index in [0.29, 0.717) is 17.5 Å². The molecule has 0 radical (unpaired) electrons. The van der Waals surface area contributed by atoms with Crippen LogP contribution in [0.1, 0.15) is 55.6 Å². The maximum Gasteiger partial charge on any atom is 0.407 e. The predicted molar refractivity (Wildman–Crippen MR) is 110 cm³/mol. The van der Waals surface area contributed by atoms with Crippen molar-refractivity contribution in [1.29, 1.82) is 0 Å². The average Bonchev–Trinajstić information content (AvgIpc) is 2.69. The largest absolute Gasteiger partial charge is 0.449 e. The lowest BCUT2D eigenvalue weighted by Gasteiger charge is -2.20. The molecule has 0 aliphatic rings. The van der Waals surface area contributed by atoms with Gasteiger partial charge in [-0.2, -0.15) is 0 Å². The molecule has 6 heteroatoms. The summed E-state index contributed by atoms with van der Waals surface area (Å²) in [6.07, 6.45) is -1.10. The molecule has 0 bridgehead atoms. The number of ether oxygens (including phenoxy) is 2. The first-order valence-electron chi connectivity index (χ1n) is 9.57. The summed E-state index contributed by atoms with van der Waals surface area (Å²) in [4.78, 5) is 36.8. The lowest BCUT2D eigenvalue weighted by molar-refractivity contribution is -0.147. The zero-order valence-electron chi connectivity index (χ0n) is 17.0. The van der Waals surface area contributed by atoms with Gasteiger partial charge in [-0.05, 0) is 27.2 Å². The first kappa shape index (κ1) is 22.1. The molecule has 0 heterocycles. The standard InChI is InChI=1S/C23H27NO5/c1-23(2,3)29-22(27)24-16-10-15-19(25)28-21(18-13-8-5-9-14-18)20(26)17-11-6-4-7-12-17/h4-9,11-14,21H,10,15-16H2,1-3H3,(H,24,27)/t21-/m0/s1. The highest BCUT2D eigenvalue weighted by atomic mass is 16.6. The molecule has 0 saturated heterocycles. The number of esters is 1. The number of ketones is 1. The molecule has 2 aromatic carbocycles. The van der Waals surface area contributed by atoms with Crippen molar-refractivity contribution in [2.75, 3.05) is 6.54 Å². The van der Waals surface area contributed by atoms with Gasteiger partial charge in [0.2, 0.25) is 5.78 Å². The van der Waals surface area contributed by atoms with Crippen molar-refractivity contribution in [1.82, 2.24) is 5.32 Å². The van der Waals surface area contributed by atoms with Gasteiger partial charge in [0, 0.05) is 24.1 Å². The Morgan fingerprint density at radius 3 is 2.10 bits per heavy atom. The van der Waals surface area contributed by atoms with Crippen molar-refractivity contribution in [2.45, 2.75) is 45.3 Å². The van der Waals surface area contributed by atoms with E-state index >= 15 is 0 Å². The van der Waals surface area contributed by atoms with Crippen molar-refractivity contribution in [3.63, 3.8) is 0 Å². The molecule has 2 rings (SSSR count). The van der Waals surface area contributed by atoms with Crippen LogP contribution in [-0.2, 0) is 14.3 Å². The molecular formula is C23H27NO5. The molecular weight excluding hydrogens is 370 g/mol. The fourth-order valence-electron chi connectivity index (χ4n) is 2.58. The number of rotatable bonds is 8. The molecule has 0 aliphatic heterocycles. The third kappa shape index (κ3) is 7.78. The molecule has 2 aromatic rings. The number of carbonyl (C=O) groups is 3. The first-order chi connectivity index (χ1) is 13.8. The lowest BCUT2D eigenvalue weighted by atomic mass is 10.00. The van der Waals surface area contributed by atoms with Crippen molar-refractivity contribution in [3.8, 4) is 0 Å². The zero-order chi connectivity index (χ0) is 21.3. The highest BCUT2D eigenvalue weighted by Crippen LogP contribution is 2.23. The van der Waals surface area contributed by atoms with Gasteiger partial charge in [-0.3, -0.25) is 9.59 Å². The van der Waals surface area contributed by atoms with Crippen LogP contribution in [0.3, 0.4) is 0 Å². The summed E-state index contributed by atoms with van der Waals surface area (Å²) in [5.74, 6) is -0.786. The Kier molecular flexibility index (Phi) is 7.95. The molecule has 1 N–H and O–H groups in total. The predicted octanol–water partition coefficient (Wildman–Crippen LogP) is 4.46. The van der Waals surface area contributed by atoms with E-state index in [1.165, 1.54) is 0 Å². The second kappa shape index (κ2) is 10.4. The van der Waals surface area contributed by atoms with Crippen LogP contribution in [0.25, 0.3) is 0 Å². The highest BCUT2D eigenvalue weighted by molar-refractivity contribution is 6.00. The van der Waals surface area contributed by atoms with Gasteiger partial charge in [0.15, 0.2) is 6.10 Å². The van der Waals surface area contributed by atoms with E-state index in [1.54, 1.807) is 69.3 Å². The maximum absolute atomic E-state index is 12.9. The summed E-state index contributed by atoms with van der Waals surface area (Å²) in [6, 6.07) is 17.6. The van der Waals surface area contributed by atoms with Crippen LogP contribution in [-0.4, -0.2) is 30.0 Å². The molecule has 1 amide bonds. The van der Waals surface area contributed by atoms with Crippen molar-refractivity contribution < 1.29 is 23.9 Å². The normalized spacial score (nSPS) is 12.0. The van der Waals surface area contributed by atoms with Crippen molar-refractivity contribution >= 4 is 17.8 Å². The summed E-state index contributed by atoms with van der Waals surface area (Å²) in [5.41, 5.74) is 0.506. The molecule has 154 valence electrons. The van der Waals surface area contributed by atoms with E-state index in [1.807, 2.05) is 12.1 Å². The molecule has 29 heavy (non-hydrogen) atoms. The van der Waals surface area contributed by atoms with E-state index < -0.39 is 23.8 Å². The molecule has 6 nitrogen and oxygen atoms in total. The Bertz CT molecular complexity index is 812. The molecule has 0 spiro atoms. The fraction of sp³-hybridized carbons (Fsp3) is 0.348. The Morgan fingerprint density at radius 1 is 0.931 bits per heavy atom. The van der Waals surface area contributed by atoms with Crippen molar-refractivity contribution in [3.05, 3.63) is 71.8 Å². The van der Waals surface area contributed by atoms with Crippen LogP contribution in [0.5, 0.6) is 0 Å². The minimum absolute atomic E-state index is 0.0706. The van der Waals surface area contributed by atoms with Gasteiger partial charge in [-0.15, -0.1) is 0 Å². The Balaban J connectivity index is 1.93. The molecule has 0 aliphatic carbocycles. The third-order valence-electron chi connectivity index (χ3n) is 3.87. The van der Waals surface area contributed by atoms with Gasteiger partial charge < -0.3 is 14.8 Å². The Labute approximate surface area is 171 Å². The Hall–Kier alpha value is -3.15. The zero-order valence-corrected chi connectivity index (χ0v) is 17.0. The van der Waals surface area contributed by atoms with Crippen LogP contribution in [0.2, 0.25) is 0 Å². The summed E-state index contributed by atoms with van der Waals surface area (Å²) >= 11 is 0. The average molecular weight is 397 g/mol. The van der Waals surface area contributed by atoms with Gasteiger partial charge in [-0.25, -0.2) is 4.79 Å². The molecule has 0 saturated carbocycles. The van der Waals surface area contributed by atoms with E-state index in [0.717, 1.165) is 0 Å². The Morgan fingerprint density at radius 2 is 1.52 bits per heavy atom. The number of alkyl carbamates (subject to hydrolysis) is 1. The molecule has 0 fully saturated rings. The summed E-state index contributed by atoms with van der Waals surface area (Å²) in [6.45, 7) is 5.60. The monoisotopic (exact) mass is 397 g/mol. The van der Waals surface area contributed by atoms with Crippen LogP contribution >= 0.6 is 0 Å². The van der Waals surface area contributed by atoms with E-state index in [2.05, 4.69) is 5.32 Å². The smallest absolute Gasteiger partial charge is 0.407 e. The number of nitrogens with one attached hydrogen (secondary N) is 1. The van der Waals surface area contributed by atoms with Crippen LogP contribution < -0.4 is 5.32 Å². The fourth-order valence-corrected chi connectivity index (χ4v) is 2.58. The maximum atomic E-state index is 12.9. The minimum Gasteiger partial charge on any atom is -0.449 e. The van der Waals surface area contributed by atoms with E-state index in [-0.39, 0.29) is 18.7 Å². The van der Waals surface area contributed by atoms with Crippen LogP contribution in [0, 0.1) is 0 Å². The van der Waals surface area contributed by atoms with Crippen molar-refractivity contribution in [2.24, 2.45) is 0 Å². The SMILES string of the molecule is CC(C)(C)OC(=O)NCCCC(=O)O[C@H](C(=O)c1ccccc1)c1ccccc1. The van der Waals surface area contributed by atoms with Gasteiger partial charge in [0.05, 0.1) is 0 Å². The number of hydrogen-bond donors (Lipinski definition) is 1.